The van der Waals surface area contributed by atoms with E-state index in [0.29, 0.717) is 23.2 Å². The van der Waals surface area contributed by atoms with Gasteiger partial charge in [-0.1, -0.05) is 17.7 Å². The summed E-state index contributed by atoms with van der Waals surface area (Å²) in [7, 11) is 4.16. The molecule has 1 aromatic carbocycles. The second-order valence-electron chi connectivity index (χ2n) is 5.63. The van der Waals surface area contributed by atoms with Crippen molar-refractivity contribution in [3.63, 3.8) is 0 Å². The van der Waals surface area contributed by atoms with Gasteiger partial charge >= 0.3 is 0 Å². The fraction of sp³-hybridized carbons (Fsp3) is 0.600. The van der Waals surface area contributed by atoms with Crippen LogP contribution in [0.3, 0.4) is 0 Å². The first-order valence-electron chi connectivity index (χ1n) is 7.08. The molecule has 0 aromatic heterocycles. The van der Waals surface area contributed by atoms with E-state index in [4.69, 9.17) is 17.3 Å². The second-order valence-corrected chi connectivity index (χ2v) is 6.07. The van der Waals surface area contributed by atoms with E-state index in [1.54, 1.807) is 12.1 Å². The van der Waals surface area contributed by atoms with Crippen LogP contribution in [-0.2, 0) is 0 Å². The van der Waals surface area contributed by atoms with Gasteiger partial charge < -0.3 is 10.6 Å². The molecule has 2 rings (SSSR count). The molecule has 0 amide bonds. The summed E-state index contributed by atoms with van der Waals surface area (Å²) in [6.45, 7) is 2.44. The lowest BCUT2D eigenvalue weighted by Crippen LogP contribution is -2.40. The van der Waals surface area contributed by atoms with E-state index in [0.717, 1.165) is 13.1 Å². The minimum absolute atomic E-state index is 0.110. The van der Waals surface area contributed by atoms with Crippen molar-refractivity contribution in [2.45, 2.75) is 24.9 Å². The minimum atomic E-state index is -0.278. The van der Waals surface area contributed by atoms with Crippen molar-refractivity contribution in [2.24, 2.45) is 5.73 Å². The van der Waals surface area contributed by atoms with Crippen LogP contribution in [0.15, 0.2) is 18.2 Å². The molecule has 0 bridgehead atoms. The van der Waals surface area contributed by atoms with Crippen LogP contribution < -0.4 is 5.73 Å². The topological polar surface area (TPSA) is 32.5 Å². The van der Waals surface area contributed by atoms with Crippen molar-refractivity contribution in [3.8, 4) is 0 Å². The van der Waals surface area contributed by atoms with E-state index < -0.39 is 0 Å². The lowest BCUT2D eigenvalue weighted by molar-refractivity contribution is 0.177. The number of halogens is 2. The fourth-order valence-electron chi connectivity index (χ4n) is 2.99. The Hall–Kier alpha value is -0.680. The quantitative estimate of drug-likeness (QED) is 0.907. The van der Waals surface area contributed by atoms with Crippen molar-refractivity contribution in [1.82, 2.24) is 9.80 Å². The normalized spacial score (nSPS) is 21.6. The van der Waals surface area contributed by atoms with Gasteiger partial charge in [-0.25, -0.2) is 4.39 Å². The van der Waals surface area contributed by atoms with Gasteiger partial charge in [0.05, 0.1) is 0 Å². The summed E-state index contributed by atoms with van der Waals surface area (Å²) >= 11 is 5.81. The molecule has 3 nitrogen and oxygen atoms in total. The molecule has 1 aromatic rings. The Morgan fingerprint density at radius 2 is 2.30 bits per heavy atom. The maximum absolute atomic E-state index is 14.1. The van der Waals surface area contributed by atoms with Gasteiger partial charge in [0.15, 0.2) is 0 Å². The van der Waals surface area contributed by atoms with Gasteiger partial charge in [-0.15, -0.1) is 0 Å². The van der Waals surface area contributed by atoms with E-state index in [-0.39, 0.29) is 11.9 Å². The predicted octanol–water partition coefficient (Wildman–Crippen LogP) is 2.50. The summed E-state index contributed by atoms with van der Waals surface area (Å²) in [5.41, 5.74) is 6.49. The molecule has 1 heterocycles. The van der Waals surface area contributed by atoms with Gasteiger partial charge in [0.25, 0.3) is 0 Å². The third-order valence-electron chi connectivity index (χ3n) is 4.25. The summed E-state index contributed by atoms with van der Waals surface area (Å²) in [6.07, 6.45) is 2.43. The van der Waals surface area contributed by atoms with Gasteiger partial charge in [-0.2, -0.15) is 0 Å². The first kappa shape index (κ1) is 15.7. The molecule has 1 aliphatic rings. The molecular formula is C15H23ClFN3. The summed E-state index contributed by atoms with van der Waals surface area (Å²) in [5, 5.41) is 0.417. The van der Waals surface area contributed by atoms with E-state index >= 15 is 0 Å². The Kier molecular flexibility index (Phi) is 5.38. The highest BCUT2D eigenvalue weighted by molar-refractivity contribution is 6.30. The van der Waals surface area contributed by atoms with Crippen molar-refractivity contribution >= 4 is 11.6 Å². The van der Waals surface area contributed by atoms with E-state index in [9.17, 15) is 4.39 Å². The lowest BCUT2D eigenvalue weighted by atomic mass is 10.0. The lowest BCUT2D eigenvalue weighted by Gasteiger charge is -2.32. The van der Waals surface area contributed by atoms with Crippen LogP contribution in [0.25, 0.3) is 0 Å². The number of likely N-dealkylation sites (N-methyl/N-ethyl adjacent to an activating group) is 2. The molecule has 0 spiro atoms. The van der Waals surface area contributed by atoms with Gasteiger partial charge in [0, 0.05) is 35.8 Å². The highest BCUT2D eigenvalue weighted by Crippen LogP contribution is 2.26. The van der Waals surface area contributed by atoms with Crippen molar-refractivity contribution in [1.29, 1.82) is 0 Å². The predicted molar refractivity (Wildman–Crippen MR) is 81.5 cm³/mol. The number of nitrogens with zero attached hydrogens (tertiary/aromatic N) is 2. The van der Waals surface area contributed by atoms with Crippen LogP contribution in [0, 0.1) is 5.82 Å². The van der Waals surface area contributed by atoms with Gasteiger partial charge in [-0.05, 0) is 45.6 Å². The summed E-state index contributed by atoms with van der Waals surface area (Å²) in [6, 6.07) is 5.24. The third kappa shape index (κ3) is 3.50. The van der Waals surface area contributed by atoms with Gasteiger partial charge in [0.1, 0.15) is 5.82 Å². The van der Waals surface area contributed by atoms with E-state index in [1.807, 2.05) is 7.05 Å². The molecule has 112 valence electrons. The van der Waals surface area contributed by atoms with Crippen LogP contribution >= 0.6 is 11.6 Å². The molecule has 0 aliphatic carbocycles. The number of likely N-dealkylation sites (tertiary alicyclic amines) is 1. The SMILES string of the molecule is CN1CCCC1CN(C)C(CN)c1ccc(Cl)cc1F. The molecule has 1 fully saturated rings. The Bertz CT molecular complexity index is 455. The zero-order valence-electron chi connectivity index (χ0n) is 12.1. The number of benzene rings is 1. The molecule has 2 atom stereocenters. The van der Waals surface area contributed by atoms with Crippen LogP contribution in [-0.4, -0.2) is 49.6 Å². The van der Waals surface area contributed by atoms with Crippen LogP contribution in [0.5, 0.6) is 0 Å². The van der Waals surface area contributed by atoms with Gasteiger partial charge in [-0.3, -0.25) is 4.90 Å². The molecule has 1 aliphatic heterocycles. The number of hydrogen-bond acceptors (Lipinski definition) is 3. The molecule has 2 unspecified atom stereocenters. The monoisotopic (exact) mass is 299 g/mol. The number of hydrogen-bond donors (Lipinski definition) is 1. The van der Waals surface area contributed by atoms with Gasteiger partial charge in [0.2, 0.25) is 0 Å². The Balaban J connectivity index is 2.10. The molecule has 0 saturated carbocycles. The fourth-order valence-corrected chi connectivity index (χ4v) is 3.14. The van der Waals surface area contributed by atoms with Crippen molar-refractivity contribution in [3.05, 3.63) is 34.6 Å². The van der Waals surface area contributed by atoms with E-state index in [1.165, 1.54) is 18.9 Å². The summed E-state index contributed by atoms with van der Waals surface area (Å²) in [5.74, 6) is -0.278. The summed E-state index contributed by atoms with van der Waals surface area (Å²) in [4.78, 5) is 4.51. The smallest absolute Gasteiger partial charge is 0.129 e. The highest BCUT2D eigenvalue weighted by atomic mass is 35.5. The highest BCUT2D eigenvalue weighted by Gasteiger charge is 2.26. The number of nitrogens with two attached hydrogens (primary N) is 1. The van der Waals surface area contributed by atoms with Crippen LogP contribution in [0.4, 0.5) is 4.39 Å². The molecule has 2 N–H and O–H groups in total. The molecular weight excluding hydrogens is 277 g/mol. The molecule has 1 saturated heterocycles. The van der Waals surface area contributed by atoms with E-state index in [2.05, 4.69) is 16.8 Å². The molecule has 0 radical (unpaired) electrons. The van der Waals surface area contributed by atoms with Crippen LogP contribution in [0.1, 0.15) is 24.4 Å². The zero-order valence-corrected chi connectivity index (χ0v) is 12.9. The Morgan fingerprint density at radius 1 is 1.55 bits per heavy atom. The maximum Gasteiger partial charge on any atom is 0.129 e. The Labute approximate surface area is 125 Å². The summed E-state index contributed by atoms with van der Waals surface area (Å²) < 4.78 is 14.1. The van der Waals surface area contributed by atoms with Crippen LogP contribution in [0.2, 0.25) is 5.02 Å². The largest absolute Gasteiger partial charge is 0.329 e. The number of rotatable bonds is 5. The second kappa shape index (κ2) is 6.85. The molecule has 20 heavy (non-hydrogen) atoms. The molecule has 5 heteroatoms. The first-order valence-corrected chi connectivity index (χ1v) is 7.46. The maximum atomic E-state index is 14.1. The Morgan fingerprint density at radius 3 is 2.85 bits per heavy atom. The van der Waals surface area contributed by atoms with Crippen molar-refractivity contribution < 1.29 is 4.39 Å². The average molecular weight is 300 g/mol. The van der Waals surface area contributed by atoms with Crippen molar-refractivity contribution in [2.75, 3.05) is 33.7 Å². The first-order chi connectivity index (χ1) is 9.52. The average Bonchev–Trinajstić information content (AvgIpc) is 2.78. The minimum Gasteiger partial charge on any atom is -0.329 e. The standard InChI is InChI=1S/C15H23ClFN3/c1-19-7-3-4-12(19)10-20(2)15(9-18)13-6-5-11(16)8-14(13)17/h5-6,8,12,15H,3-4,7,9-10,18H2,1-2H3. The zero-order chi connectivity index (χ0) is 14.7. The third-order valence-corrected chi connectivity index (χ3v) is 4.48.